The second-order valence-corrected chi connectivity index (χ2v) is 6.26. The molecule has 0 bridgehead atoms. The first kappa shape index (κ1) is 17.0. The van der Waals surface area contributed by atoms with Crippen LogP contribution in [0.5, 0.6) is 0 Å². The number of aryl methyl sites for hydroxylation is 1. The fraction of sp³-hybridized carbons (Fsp3) is 0.471. The Balaban J connectivity index is 2.09. The molecule has 1 aromatic rings. The molecule has 0 aliphatic heterocycles. The number of hydrogen-bond donors (Lipinski definition) is 2. The maximum Gasteiger partial charge on any atom is 0.306 e. The van der Waals surface area contributed by atoms with E-state index in [1.54, 1.807) is 32.3 Å². The molecule has 1 fully saturated rings. The summed E-state index contributed by atoms with van der Waals surface area (Å²) < 4.78 is 0. The quantitative estimate of drug-likeness (QED) is 0.890. The molecule has 0 saturated heterocycles. The van der Waals surface area contributed by atoms with Gasteiger partial charge in [-0.15, -0.1) is 0 Å². The van der Waals surface area contributed by atoms with Gasteiger partial charge in [-0.3, -0.25) is 14.4 Å². The topological polar surface area (TPSA) is 86.7 Å². The second kappa shape index (κ2) is 6.81. The Hall–Kier alpha value is -2.37. The SMILES string of the molecule is Cc1ccc(NC(=O)[C@@H]2CC[C@H](C(=O)O)C2)cc1C(=O)N(C)C. The molecular weight excluding hydrogens is 296 g/mol. The highest BCUT2D eigenvalue weighted by atomic mass is 16.4. The predicted molar refractivity (Wildman–Crippen MR) is 86.3 cm³/mol. The van der Waals surface area contributed by atoms with Crippen molar-refractivity contribution < 1.29 is 19.5 Å². The average molecular weight is 318 g/mol. The minimum absolute atomic E-state index is 0.120. The molecular formula is C17H22N2O4. The van der Waals surface area contributed by atoms with Gasteiger partial charge in [-0.2, -0.15) is 0 Å². The van der Waals surface area contributed by atoms with Gasteiger partial charge in [-0.05, 0) is 43.9 Å². The van der Waals surface area contributed by atoms with Crippen molar-refractivity contribution in [1.29, 1.82) is 0 Å². The summed E-state index contributed by atoms with van der Waals surface area (Å²) in [6.07, 6.45) is 1.49. The van der Waals surface area contributed by atoms with Gasteiger partial charge in [0.05, 0.1) is 5.92 Å². The van der Waals surface area contributed by atoms with Crippen molar-refractivity contribution in [2.45, 2.75) is 26.2 Å². The third-order valence-corrected chi connectivity index (χ3v) is 4.29. The van der Waals surface area contributed by atoms with Crippen molar-refractivity contribution in [3.8, 4) is 0 Å². The Morgan fingerprint density at radius 2 is 1.83 bits per heavy atom. The summed E-state index contributed by atoms with van der Waals surface area (Å²) in [6.45, 7) is 1.84. The fourth-order valence-corrected chi connectivity index (χ4v) is 2.86. The Morgan fingerprint density at radius 1 is 1.17 bits per heavy atom. The van der Waals surface area contributed by atoms with E-state index in [9.17, 15) is 14.4 Å². The first-order valence-electron chi connectivity index (χ1n) is 7.65. The second-order valence-electron chi connectivity index (χ2n) is 6.26. The number of carboxylic acid groups (broad SMARTS) is 1. The summed E-state index contributed by atoms with van der Waals surface area (Å²) >= 11 is 0. The smallest absolute Gasteiger partial charge is 0.306 e. The van der Waals surface area contributed by atoms with E-state index in [1.165, 1.54) is 4.90 Å². The van der Waals surface area contributed by atoms with Crippen LogP contribution >= 0.6 is 0 Å². The third-order valence-electron chi connectivity index (χ3n) is 4.29. The van der Waals surface area contributed by atoms with Crippen LogP contribution in [0.4, 0.5) is 5.69 Å². The number of nitrogens with one attached hydrogen (secondary N) is 1. The summed E-state index contributed by atoms with van der Waals surface area (Å²) in [4.78, 5) is 36.9. The molecule has 23 heavy (non-hydrogen) atoms. The van der Waals surface area contributed by atoms with Gasteiger partial charge in [0.15, 0.2) is 0 Å². The van der Waals surface area contributed by atoms with E-state index >= 15 is 0 Å². The number of carbonyl (C=O) groups excluding carboxylic acids is 2. The van der Waals surface area contributed by atoms with E-state index < -0.39 is 11.9 Å². The molecule has 6 heteroatoms. The molecule has 1 saturated carbocycles. The summed E-state index contributed by atoms with van der Waals surface area (Å²) in [5.41, 5.74) is 1.95. The van der Waals surface area contributed by atoms with Crippen LogP contribution in [0.3, 0.4) is 0 Å². The fourth-order valence-electron chi connectivity index (χ4n) is 2.86. The van der Waals surface area contributed by atoms with Gasteiger partial charge in [0.1, 0.15) is 0 Å². The number of benzene rings is 1. The number of nitrogens with zero attached hydrogens (tertiary/aromatic N) is 1. The van der Waals surface area contributed by atoms with Gasteiger partial charge < -0.3 is 15.3 Å². The highest BCUT2D eigenvalue weighted by Crippen LogP contribution is 2.32. The minimum atomic E-state index is -0.838. The molecule has 1 aliphatic carbocycles. The van der Waals surface area contributed by atoms with Gasteiger partial charge in [0.2, 0.25) is 5.91 Å². The van der Waals surface area contributed by atoms with Crippen molar-refractivity contribution in [3.63, 3.8) is 0 Å². The predicted octanol–water partition coefficient (Wildman–Crippen LogP) is 2.14. The lowest BCUT2D eigenvalue weighted by atomic mass is 10.0. The third kappa shape index (κ3) is 3.88. The van der Waals surface area contributed by atoms with Crippen LogP contribution in [0.25, 0.3) is 0 Å². The lowest BCUT2D eigenvalue weighted by Crippen LogP contribution is -2.24. The van der Waals surface area contributed by atoms with Crippen molar-refractivity contribution in [2.75, 3.05) is 19.4 Å². The van der Waals surface area contributed by atoms with Gasteiger partial charge in [0, 0.05) is 31.3 Å². The zero-order valence-electron chi connectivity index (χ0n) is 13.6. The number of aliphatic carboxylic acids is 1. The number of carbonyl (C=O) groups is 3. The molecule has 2 N–H and O–H groups in total. The van der Waals surface area contributed by atoms with Gasteiger partial charge >= 0.3 is 5.97 Å². The molecule has 0 radical (unpaired) electrons. The summed E-state index contributed by atoms with van der Waals surface area (Å²) in [7, 11) is 3.36. The Morgan fingerprint density at radius 3 is 2.39 bits per heavy atom. The maximum absolute atomic E-state index is 12.3. The van der Waals surface area contributed by atoms with Crippen LogP contribution in [0.2, 0.25) is 0 Å². The Labute approximate surface area is 135 Å². The van der Waals surface area contributed by atoms with Crippen LogP contribution < -0.4 is 5.32 Å². The zero-order chi connectivity index (χ0) is 17.1. The molecule has 2 rings (SSSR count). The monoisotopic (exact) mass is 318 g/mol. The van der Waals surface area contributed by atoms with E-state index in [0.717, 1.165) is 5.56 Å². The van der Waals surface area contributed by atoms with Gasteiger partial charge in [0.25, 0.3) is 5.91 Å². The van der Waals surface area contributed by atoms with E-state index in [-0.39, 0.29) is 17.7 Å². The molecule has 2 amide bonds. The number of carboxylic acids is 1. The van der Waals surface area contributed by atoms with E-state index in [1.807, 2.05) is 6.92 Å². The first-order valence-corrected chi connectivity index (χ1v) is 7.65. The van der Waals surface area contributed by atoms with E-state index in [4.69, 9.17) is 5.11 Å². The number of hydrogen-bond acceptors (Lipinski definition) is 3. The van der Waals surface area contributed by atoms with Crippen molar-refractivity contribution in [3.05, 3.63) is 29.3 Å². The van der Waals surface area contributed by atoms with Gasteiger partial charge in [-0.25, -0.2) is 0 Å². The van der Waals surface area contributed by atoms with Crippen LogP contribution in [0.15, 0.2) is 18.2 Å². The van der Waals surface area contributed by atoms with Crippen molar-refractivity contribution >= 4 is 23.5 Å². The lowest BCUT2D eigenvalue weighted by Gasteiger charge is -2.15. The average Bonchev–Trinajstić information content (AvgIpc) is 2.98. The molecule has 0 spiro atoms. The molecule has 0 unspecified atom stereocenters. The van der Waals surface area contributed by atoms with Crippen LogP contribution in [0.1, 0.15) is 35.2 Å². The normalized spacial score (nSPS) is 20.1. The van der Waals surface area contributed by atoms with Crippen LogP contribution in [0, 0.1) is 18.8 Å². The molecule has 0 heterocycles. The minimum Gasteiger partial charge on any atom is -0.481 e. The van der Waals surface area contributed by atoms with E-state index in [2.05, 4.69) is 5.32 Å². The Bertz CT molecular complexity index is 639. The van der Waals surface area contributed by atoms with Crippen LogP contribution in [-0.4, -0.2) is 41.9 Å². The molecule has 1 aromatic carbocycles. The summed E-state index contributed by atoms with van der Waals surface area (Å²) in [6, 6.07) is 5.21. The highest BCUT2D eigenvalue weighted by molar-refractivity contribution is 5.98. The highest BCUT2D eigenvalue weighted by Gasteiger charge is 2.33. The lowest BCUT2D eigenvalue weighted by molar-refractivity contribution is -0.141. The first-order chi connectivity index (χ1) is 10.8. The van der Waals surface area contributed by atoms with Crippen molar-refractivity contribution in [1.82, 2.24) is 4.90 Å². The summed E-state index contributed by atoms with van der Waals surface area (Å²) in [5, 5.41) is 11.8. The number of amides is 2. The molecule has 1 aliphatic rings. The number of rotatable bonds is 4. The van der Waals surface area contributed by atoms with Crippen molar-refractivity contribution in [2.24, 2.45) is 11.8 Å². The molecule has 6 nitrogen and oxygen atoms in total. The van der Waals surface area contributed by atoms with E-state index in [0.29, 0.717) is 30.5 Å². The largest absolute Gasteiger partial charge is 0.481 e. The van der Waals surface area contributed by atoms with Gasteiger partial charge in [-0.1, -0.05) is 6.07 Å². The Kier molecular flexibility index (Phi) is 5.03. The molecule has 124 valence electrons. The molecule has 2 atom stereocenters. The standard InChI is InChI=1S/C17H22N2O4/c1-10-4-7-13(9-14(10)16(21)19(2)3)18-15(20)11-5-6-12(8-11)17(22)23/h4,7,9,11-12H,5-6,8H2,1-3H3,(H,18,20)(H,22,23)/t11-,12+/m1/s1. The molecule has 0 aromatic heterocycles. The van der Waals surface area contributed by atoms with Crippen LogP contribution in [-0.2, 0) is 9.59 Å². The maximum atomic E-state index is 12.3. The number of anilines is 1. The summed E-state index contributed by atoms with van der Waals surface area (Å²) in [5.74, 6) is -1.86. The zero-order valence-corrected chi connectivity index (χ0v) is 13.6.